The van der Waals surface area contributed by atoms with Crippen LogP contribution in [0.5, 0.6) is 0 Å². The first-order valence-electron chi connectivity index (χ1n) is 59.0. The molecule has 4 N–H and O–H groups in total. The molecule has 0 heterocycles. The lowest BCUT2D eigenvalue weighted by atomic mass is 9.55. The van der Waals surface area contributed by atoms with Crippen LogP contribution in [-0.4, -0.2) is 137 Å². The Morgan fingerprint density at radius 1 is 0.221 bits per heavy atom. The fraction of sp³-hybridized carbons (Fsp3) is 0.966. The first-order valence-corrected chi connectivity index (χ1v) is 68.2. The zero-order valence-electron chi connectivity index (χ0n) is 89.9. The number of rotatable bonds is 106. The Kier molecular flexibility index (Phi) is 91.9. The lowest BCUT2D eigenvalue weighted by Gasteiger charge is -2.56. The molecule has 0 fully saturated rings. The van der Waals surface area contributed by atoms with E-state index in [1.165, 1.54) is 484 Å². The molecule has 0 spiro atoms. The Balaban J connectivity index is 3.19. The number of allylic oxidation sites excluding steroid dienone is 2. The average molecular weight is 1980 g/mol. The van der Waals surface area contributed by atoms with Gasteiger partial charge in [-0.3, -0.25) is 0 Å². The van der Waals surface area contributed by atoms with Crippen molar-refractivity contribution in [3.05, 3.63) is 23.3 Å². The van der Waals surface area contributed by atoms with Crippen molar-refractivity contribution in [3.63, 3.8) is 0 Å². The van der Waals surface area contributed by atoms with Gasteiger partial charge in [-0.1, -0.05) is 516 Å². The van der Waals surface area contributed by atoms with Gasteiger partial charge < -0.3 is 20.4 Å². The maximum absolute atomic E-state index is 14.7. The van der Waals surface area contributed by atoms with E-state index in [2.05, 4.69) is 175 Å². The highest BCUT2D eigenvalue weighted by Crippen LogP contribution is 2.61. The van der Waals surface area contributed by atoms with E-state index in [9.17, 15) is 20.4 Å². The summed E-state index contributed by atoms with van der Waals surface area (Å²) < 4.78 is 0. The molecule has 0 saturated carbocycles. The molecule has 0 amide bonds. The highest BCUT2D eigenvalue weighted by molar-refractivity contribution is 8.01. The summed E-state index contributed by atoms with van der Waals surface area (Å²) in [6, 6.07) is 0. The third-order valence-corrected chi connectivity index (χ3v) is 40.9. The first kappa shape index (κ1) is 129. The molecule has 0 saturated heterocycles. The summed E-state index contributed by atoms with van der Waals surface area (Å²) in [5.41, 5.74) is 1.44. The number of thioether (sulfide) groups is 8. The van der Waals surface area contributed by atoms with Crippen molar-refractivity contribution in [1.29, 1.82) is 0 Å². The van der Waals surface area contributed by atoms with Crippen molar-refractivity contribution in [2.45, 2.75) is 607 Å². The molecule has 2 aliphatic carbocycles. The van der Waals surface area contributed by atoms with Crippen molar-refractivity contribution in [2.75, 3.05) is 92.0 Å². The van der Waals surface area contributed by atoms with Gasteiger partial charge in [-0.25, -0.2) is 0 Å². The minimum absolute atomic E-state index is 0.224. The lowest BCUT2D eigenvalue weighted by molar-refractivity contribution is -0.0270. The van der Waals surface area contributed by atoms with Crippen molar-refractivity contribution < 1.29 is 20.4 Å². The summed E-state index contributed by atoms with van der Waals surface area (Å²) in [5, 5.41) is 52.8. The van der Waals surface area contributed by atoms with Gasteiger partial charge >= 0.3 is 0 Å². The third-order valence-electron chi connectivity index (χ3n) is 30.2. The van der Waals surface area contributed by atoms with Crippen LogP contribution in [0.1, 0.15) is 583 Å². The average Bonchev–Trinajstić information content (AvgIpc) is 0.717. The number of hydrogen-bond acceptors (Lipinski definition) is 12. The molecule has 0 aliphatic heterocycles. The van der Waals surface area contributed by atoms with Crippen LogP contribution in [-0.2, 0) is 0 Å². The van der Waals surface area contributed by atoms with Gasteiger partial charge in [0, 0.05) is 73.1 Å². The third kappa shape index (κ3) is 67.4. The molecule has 0 aromatic carbocycles. The summed E-state index contributed by atoms with van der Waals surface area (Å²) in [7, 11) is 0. The van der Waals surface area contributed by atoms with Crippen molar-refractivity contribution >= 4 is 94.1 Å². The molecule has 2 rings (SSSR count). The fourth-order valence-electron chi connectivity index (χ4n) is 21.1. The molecule has 0 bridgehead atoms. The Hall–Kier alpha value is 2.12. The molecule has 6 atom stereocenters. The smallest absolute Gasteiger partial charge is 0.0721 e. The predicted octanol–water partition coefficient (Wildman–Crippen LogP) is 40.5. The second-order valence-electron chi connectivity index (χ2n) is 43.5. The van der Waals surface area contributed by atoms with Gasteiger partial charge in [0.25, 0.3) is 0 Å². The maximum Gasteiger partial charge on any atom is 0.0721 e. The molecule has 12 heteroatoms. The summed E-state index contributed by atoms with van der Waals surface area (Å²) in [4.78, 5) is 0. The largest absolute Gasteiger partial charge is 0.393 e. The van der Waals surface area contributed by atoms with Crippen LogP contribution in [0.4, 0.5) is 0 Å². The summed E-state index contributed by atoms with van der Waals surface area (Å²) in [6.07, 6.45) is 109. The predicted molar refractivity (Wildman–Crippen MR) is 617 cm³/mol. The van der Waals surface area contributed by atoms with E-state index in [1.54, 1.807) is 11.1 Å². The van der Waals surface area contributed by atoms with Gasteiger partial charge in [-0.2, -0.15) is 94.1 Å². The molecule has 0 aromatic heterocycles. The highest BCUT2D eigenvalue weighted by Gasteiger charge is 2.58. The quantitative estimate of drug-likeness (QED) is 0.0346. The highest BCUT2D eigenvalue weighted by atomic mass is 32.2. The Morgan fingerprint density at radius 2 is 0.366 bits per heavy atom. The Labute approximate surface area is 857 Å². The van der Waals surface area contributed by atoms with Gasteiger partial charge in [-0.05, 0) is 136 Å². The first-order chi connectivity index (χ1) is 64.2. The molecule has 131 heavy (non-hydrogen) atoms. The van der Waals surface area contributed by atoms with Crippen molar-refractivity contribution in [1.82, 2.24) is 0 Å². The maximum atomic E-state index is 14.7. The Morgan fingerprint density at radius 3 is 0.550 bits per heavy atom. The number of aliphatic hydroxyl groups excluding tert-OH is 4. The molecule has 6 unspecified atom stereocenters. The topological polar surface area (TPSA) is 80.9 Å². The number of unbranched alkanes of at least 4 members (excludes halogenated alkanes) is 64. The van der Waals surface area contributed by atoms with E-state index in [4.69, 9.17) is 0 Å². The van der Waals surface area contributed by atoms with Crippen LogP contribution < -0.4 is 0 Å². The van der Waals surface area contributed by atoms with Gasteiger partial charge in [0.2, 0.25) is 0 Å². The summed E-state index contributed by atoms with van der Waals surface area (Å²) in [6.45, 7) is 24.1. The van der Waals surface area contributed by atoms with Gasteiger partial charge in [0.15, 0.2) is 0 Å². The zero-order chi connectivity index (χ0) is 94.9. The van der Waals surface area contributed by atoms with Crippen LogP contribution >= 0.6 is 94.1 Å². The van der Waals surface area contributed by atoms with E-state index in [0.29, 0.717) is 0 Å². The molecule has 4 nitrogen and oxygen atoms in total. The number of hydrogen-bond donors (Lipinski definition) is 4. The van der Waals surface area contributed by atoms with E-state index in [0.717, 1.165) is 122 Å². The second-order valence-corrected chi connectivity index (χ2v) is 52.4. The molecule has 780 valence electrons. The molecule has 2 aliphatic rings. The zero-order valence-corrected chi connectivity index (χ0v) is 96.4. The minimum atomic E-state index is -0.464. The van der Waals surface area contributed by atoms with Crippen LogP contribution in [0, 0.1) is 27.1 Å². The minimum Gasteiger partial charge on any atom is -0.393 e. The standard InChI is InChI=1S/C119H232O4S8/c1-11-19-27-35-43-49-55-61-69-77-89-124-101-116(102-125-90-78-70-62-56-50-44-36-28-20-12-2)97-109(99-118(113(116)122,105-128-93-81-73-65-59-53-47-39-31-23-15-5)107-130-95-83-87-111(120)85-75-67-41-33-25-17-7)115(9,10)110-98-117(103-126-91-79-71-63-57-51-45-37-29-21-13-3,104-127-92-80-72-64-58-52-46-38-30-22-14-4)114(123)119(100-110,106-129-94-82-74-66-60-54-48-40-32-24-16-6)108-131-96-84-88-112(121)86-76-68-42-34-26-18-8/h97-98,111-114,120-123H,11-96,99-108H2,1-10H3. The molecular weight excluding hydrogens is 1750 g/mol. The van der Waals surface area contributed by atoms with E-state index >= 15 is 0 Å². The van der Waals surface area contributed by atoms with E-state index < -0.39 is 23.0 Å². The monoisotopic (exact) mass is 1980 g/mol. The Bertz CT molecular complexity index is 2210. The van der Waals surface area contributed by atoms with Crippen LogP contribution in [0.25, 0.3) is 0 Å². The van der Waals surface area contributed by atoms with Crippen LogP contribution in [0.2, 0.25) is 0 Å². The normalized spacial score (nSPS) is 18.1. The number of aliphatic hydroxyl groups is 4. The van der Waals surface area contributed by atoms with Crippen molar-refractivity contribution in [2.24, 2.45) is 27.1 Å². The van der Waals surface area contributed by atoms with Gasteiger partial charge in [-0.15, -0.1) is 0 Å². The SMILES string of the molecule is CCCCCCCCCCCCSCC1(CSCCCCCCCCCCCC)C=C(C(C)(C)C2=CC(CSCCCCCCCCCCCC)(CSCCCCCCCCCCCC)C(O)C(CSCCCCCCCCCCCC)(CSCCCC(O)CCCCCCCC)C2)CC(CSCCCCCCCCCCCC)(CSCCCC(O)CCCCCCCC)C1O. The van der Waals surface area contributed by atoms with E-state index in [1.807, 2.05) is 0 Å². The fourth-order valence-corrected chi connectivity index (χ4v) is 31.9. The second kappa shape index (κ2) is 93.2. The van der Waals surface area contributed by atoms with Gasteiger partial charge in [0.05, 0.1) is 24.4 Å². The van der Waals surface area contributed by atoms with Crippen LogP contribution in [0.3, 0.4) is 0 Å². The van der Waals surface area contributed by atoms with Crippen molar-refractivity contribution in [3.8, 4) is 0 Å². The van der Waals surface area contributed by atoms with Crippen LogP contribution in [0.15, 0.2) is 23.3 Å². The molecule has 0 radical (unpaired) electrons. The summed E-state index contributed by atoms with van der Waals surface area (Å²) >= 11 is 17.6. The van der Waals surface area contributed by atoms with E-state index in [-0.39, 0.29) is 28.5 Å². The summed E-state index contributed by atoms with van der Waals surface area (Å²) in [5.74, 6) is 16.9. The molecule has 0 aromatic rings. The molecular formula is C119H232O4S8. The lowest BCUT2D eigenvalue weighted by Crippen LogP contribution is -2.58. The van der Waals surface area contributed by atoms with Gasteiger partial charge in [0.1, 0.15) is 0 Å².